The maximum Gasteiger partial charge on any atom is 0.222 e. The van der Waals surface area contributed by atoms with Crippen LogP contribution in [0.4, 0.5) is 0 Å². The lowest BCUT2D eigenvalue weighted by atomic mass is 9.94. The molecule has 1 N–H and O–H groups in total. The Bertz CT molecular complexity index is 444. The molecular formula is C17H27ClN2O2. The number of carbonyl (C=O) groups excluding carboxylic acids is 1. The first-order valence-corrected chi connectivity index (χ1v) is 7.85. The van der Waals surface area contributed by atoms with Crippen molar-refractivity contribution in [1.82, 2.24) is 10.2 Å². The van der Waals surface area contributed by atoms with Crippen molar-refractivity contribution in [3.63, 3.8) is 0 Å². The highest BCUT2D eigenvalue weighted by Gasteiger charge is 2.19. The van der Waals surface area contributed by atoms with Crippen molar-refractivity contribution in [1.29, 1.82) is 0 Å². The van der Waals surface area contributed by atoms with Crippen LogP contribution in [0.1, 0.15) is 31.7 Å². The summed E-state index contributed by atoms with van der Waals surface area (Å²) in [4.78, 5) is 14.1. The number of hydrogen-bond donors (Lipinski definition) is 1. The van der Waals surface area contributed by atoms with Gasteiger partial charge in [-0.3, -0.25) is 4.79 Å². The first-order chi connectivity index (χ1) is 10.2. The lowest BCUT2D eigenvalue weighted by molar-refractivity contribution is -0.131. The van der Waals surface area contributed by atoms with Gasteiger partial charge in [-0.15, -0.1) is 12.4 Å². The van der Waals surface area contributed by atoms with Gasteiger partial charge in [0, 0.05) is 20.0 Å². The minimum absolute atomic E-state index is 0. The van der Waals surface area contributed by atoms with Gasteiger partial charge in [-0.25, -0.2) is 0 Å². The van der Waals surface area contributed by atoms with Crippen molar-refractivity contribution in [2.45, 2.75) is 32.7 Å². The lowest BCUT2D eigenvalue weighted by Gasteiger charge is -2.25. The fourth-order valence-electron chi connectivity index (χ4n) is 2.71. The molecule has 1 aliphatic heterocycles. The Morgan fingerprint density at radius 1 is 1.27 bits per heavy atom. The maximum absolute atomic E-state index is 12.3. The SMILES string of the molecule is CCOc1ccc(CN(C)C(=O)CC2CCNCC2)cc1.Cl. The van der Waals surface area contributed by atoms with Gasteiger partial charge in [-0.1, -0.05) is 12.1 Å². The molecule has 22 heavy (non-hydrogen) atoms. The fourth-order valence-corrected chi connectivity index (χ4v) is 2.71. The second-order valence-corrected chi connectivity index (χ2v) is 5.72. The predicted octanol–water partition coefficient (Wildman–Crippen LogP) is 2.86. The predicted molar refractivity (Wildman–Crippen MR) is 91.5 cm³/mol. The van der Waals surface area contributed by atoms with Crippen molar-refractivity contribution in [2.24, 2.45) is 5.92 Å². The Hall–Kier alpha value is -1.26. The quantitative estimate of drug-likeness (QED) is 0.874. The normalized spacial score (nSPS) is 15.0. The topological polar surface area (TPSA) is 41.6 Å². The molecule has 1 aliphatic rings. The van der Waals surface area contributed by atoms with E-state index in [9.17, 15) is 4.79 Å². The van der Waals surface area contributed by atoms with Crippen LogP contribution in [0.2, 0.25) is 0 Å². The van der Waals surface area contributed by atoms with Gasteiger partial charge >= 0.3 is 0 Å². The smallest absolute Gasteiger partial charge is 0.222 e. The van der Waals surface area contributed by atoms with Crippen molar-refractivity contribution in [3.05, 3.63) is 29.8 Å². The molecule has 1 fully saturated rings. The van der Waals surface area contributed by atoms with E-state index in [-0.39, 0.29) is 18.3 Å². The second-order valence-electron chi connectivity index (χ2n) is 5.72. The number of hydrogen-bond acceptors (Lipinski definition) is 3. The molecule has 124 valence electrons. The van der Waals surface area contributed by atoms with E-state index in [0.29, 0.717) is 25.5 Å². The number of halogens is 1. The van der Waals surface area contributed by atoms with Gasteiger partial charge in [0.05, 0.1) is 6.61 Å². The van der Waals surface area contributed by atoms with Gasteiger partial charge in [-0.05, 0) is 56.5 Å². The zero-order valence-corrected chi connectivity index (χ0v) is 14.3. The molecule has 2 rings (SSSR count). The van der Waals surface area contributed by atoms with Crippen LogP contribution in [0.3, 0.4) is 0 Å². The summed E-state index contributed by atoms with van der Waals surface area (Å²) >= 11 is 0. The van der Waals surface area contributed by atoms with Crippen molar-refractivity contribution in [3.8, 4) is 5.75 Å². The van der Waals surface area contributed by atoms with E-state index in [4.69, 9.17) is 4.74 Å². The van der Waals surface area contributed by atoms with Gasteiger partial charge in [-0.2, -0.15) is 0 Å². The van der Waals surface area contributed by atoms with Crippen molar-refractivity contribution in [2.75, 3.05) is 26.7 Å². The standard InChI is InChI=1S/C17H26N2O2.ClH/c1-3-21-16-6-4-15(5-7-16)13-19(2)17(20)12-14-8-10-18-11-9-14;/h4-7,14,18H,3,8-13H2,1-2H3;1H. The summed E-state index contributed by atoms with van der Waals surface area (Å²) in [5, 5.41) is 3.34. The Morgan fingerprint density at radius 3 is 2.50 bits per heavy atom. The van der Waals surface area contributed by atoms with Crippen LogP contribution in [-0.2, 0) is 11.3 Å². The zero-order chi connectivity index (χ0) is 15.1. The average Bonchev–Trinajstić information content (AvgIpc) is 2.50. The molecule has 0 atom stereocenters. The van der Waals surface area contributed by atoms with Crippen LogP contribution in [0.25, 0.3) is 0 Å². The third kappa shape index (κ3) is 5.85. The van der Waals surface area contributed by atoms with Crippen LogP contribution in [0.15, 0.2) is 24.3 Å². The summed E-state index contributed by atoms with van der Waals surface area (Å²) in [7, 11) is 1.89. The number of amides is 1. The highest BCUT2D eigenvalue weighted by Crippen LogP contribution is 2.18. The largest absolute Gasteiger partial charge is 0.494 e. The van der Waals surface area contributed by atoms with Crippen LogP contribution in [0.5, 0.6) is 5.75 Å². The molecule has 5 heteroatoms. The molecule has 0 spiro atoms. The second kappa shape index (κ2) is 9.70. The monoisotopic (exact) mass is 326 g/mol. The molecule has 1 aromatic rings. The highest BCUT2D eigenvalue weighted by molar-refractivity contribution is 5.85. The number of nitrogens with zero attached hydrogens (tertiary/aromatic N) is 1. The maximum atomic E-state index is 12.3. The van der Waals surface area contributed by atoms with Gasteiger partial charge < -0.3 is 15.0 Å². The molecule has 0 radical (unpaired) electrons. The highest BCUT2D eigenvalue weighted by atomic mass is 35.5. The number of nitrogens with one attached hydrogen (secondary N) is 1. The van der Waals surface area contributed by atoms with E-state index in [0.717, 1.165) is 37.2 Å². The third-order valence-electron chi connectivity index (χ3n) is 4.00. The molecule has 0 aromatic heterocycles. The molecule has 0 saturated carbocycles. The van der Waals surface area contributed by atoms with E-state index in [2.05, 4.69) is 5.32 Å². The van der Waals surface area contributed by atoms with Crippen LogP contribution in [0, 0.1) is 5.92 Å². The van der Waals surface area contributed by atoms with E-state index in [1.165, 1.54) is 0 Å². The molecule has 1 aromatic carbocycles. The molecule has 1 saturated heterocycles. The van der Waals surface area contributed by atoms with Gasteiger partial charge in [0.2, 0.25) is 5.91 Å². The first kappa shape index (κ1) is 18.8. The van der Waals surface area contributed by atoms with E-state index >= 15 is 0 Å². The number of ether oxygens (including phenoxy) is 1. The van der Waals surface area contributed by atoms with Crippen LogP contribution in [-0.4, -0.2) is 37.6 Å². The molecule has 4 nitrogen and oxygen atoms in total. The summed E-state index contributed by atoms with van der Waals surface area (Å²) in [6.07, 6.45) is 2.90. The van der Waals surface area contributed by atoms with E-state index in [1.807, 2.05) is 43.1 Å². The Labute approximate surface area is 139 Å². The molecule has 1 amide bonds. The molecular weight excluding hydrogens is 300 g/mol. The fraction of sp³-hybridized carbons (Fsp3) is 0.588. The lowest BCUT2D eigenvalue weighted by Crippen LogP contribution is -2.33. The van der Waals surface area contributed by atoms with Gasteiger partial charge in [0.1, 0.15) is 5.75 Å². The summed E-state index contributed by atoms with van der Waals surface area (Å²) in [6.45, 7) is 5.40. The van der Waals surface area contributed by atoms with Crippen molar-refractivity contribution >= 4 is 18.3 Å². The van der Waals surface area contributed by atoms with Crippen molar-refractivity contribution < 1.29 is 9.53 Å². The average molecular weight is 327 g/mol. The minimum atomic E-state index is 0. The Kier molecular flexibility index (Phi) is 8.28. The minimum Gasteiger partial charge on any atom is -0.494 e. The van der Waals surface area contributed by atoms with Gasteiger partial charge in [0.25, 0.3) is 0 Å². The molecule has 0 aliphatic carbocycles. The summed E-state index contributed by atoms with van der Waals surface area (Å²) < 4.78 is 5.43. The molecule has 1 heterocycles. The van der Waals surface area contributed by atoms with Gasteiger partial charge in [0.15, 0.2) is 0 Å². The Morgan fingerprint density at radius 2 is 1.91 bits per heavy atom. The van der Waals surface area contributed by atoms with E-state index in [1.54, 1.807) is 0 Å². The number of carbonyl (C=O) groups is 1. The number of piperidine rings is 1. The summed E-state index contributed by atoms with van der Waals surface area (Å²) in [6, 6.07) is 7.98. The Balaban J connectivity index is 0.00000242. The number of benzene rings is 1. The third-order valence-corrected chi connectivity index (χ3v) is 4.00. The molecule has 0 bridgehead atoms. The van der Waals surface area contributed by atoms with E-state index < -0.39 is 0 Å². The zero-order valence-electron chi connectivity index (χ0n) is 13.5. The summed E-state index contributed by atoms with van der Waals surface area (Å²) in [5.74, 6) is 1.67. The van der Waals surface area contributed by atoms with Crippen LogP contribution >= 0.6 is 12.4 Å². The number of rotatable bonds is 6. The van der Waals surface area contributed by atoms with Crippen LogP contribution < -0.4 is 10.1 Å². The molecule has 0 unspecified atom stereocenters. The summed E-state index contributed by atoms with van der Waals surface area (Å²) in [5.41, 5.74) is 1.14. The first-order valence-electron chi connectivity index (χ1n) is 7.85.